The third-order valence-corrected chi connectivity index (χ3v) is 6.83. The van der Waals surface area contributed by atoms with Gasteiger partial charge in [0.2, 0.25) is 5.89 Å². The van der Waals surface area contributed by atoms with Gasteiger partial charge in [0.05, 0.1) is 6.54 Å². The van der Waals surface area contributed by atoms with Crippen molar-refractivity contribution in [1.29, 1.82) is 0 Å². The van der Waals surface area contributed by atoms with Gasteiger partial charge in [-0.05, 0) is 25.8 Å². The maximum atomic E-state index is 12.9. The highest BCUT2D eigenvalue weighted by Gasteiger charge is 2.29. The van der Waals surface area contributed by atoms with Gasteiger partial charge in [-0.1, -0.05) is 35.1 Å². The third-order valence-electron chi connectivity index (χ3n) is 4.67. The molecule has 3 heterocycles. The molecule has 4 aromatic rings. The Morgan fingerprint density at radius 2 is 2.17 bits per heavy atom. The lowest BCUT2D eigenvalue weighted by Crippen LogP contribution is -2.23. The van der Waals surface area contributed by atoms with E-state index in [4.69, 9.17) is 8.94 Å². The molecule has 1 saturated carbocycles. The lowest BCUT2D eigenvalue weighted by molar-refractivity contribution is 0.0919. The molecule has 1 N–H and O–H groups in total. The Balaban J connectivity index is 1.35. The normalized spacial score (nSPS) is 13.8. The van der Waals surface area contributed by atoms with Gasteiger partial charge in [-0.3, -0.25) is 4.79 Å². The van der Waals surface area contributed by atoms with Crippen molar-refractivity contribution >= 4 is 40.0 Å². The topological polar surface area (TPSA) is 94.1 Å². The van der Waals surface area contributed by atoms with Crippen molar-refractivity contribution in [2.75, 3.05) is 0 Å². The quantitative estimate of drug-likeness (QED) is 0.429. The van der Waals surface area contributed by atoms with E-state index in [1.54, 1.807) is 23.1 Å². The van der Waals surface area contributed by atoms with E-state index in [-0.39, 0.29) is 12.5 Å². The van der Waals surface area contributed by atoms with Crippen molar-refractivity contribution in [3.63, 3.8) is 0 Å². The summed E-state index contributed by atoms with van der Waals surface area (Å²) in [5.41, 5.74) is 2.55. The molecule has 7 nitrogen and oxygen atoms in total. The van der Waals surface area contributed by atoms with E-state index in [2.05, 4.69) is 20.4 Å². The predicted molar refractivity (Wildman–Crippen MR) is 110 cm³/mol. The number of aryl methyl sites for hydroxylation is 1. The van der Waals surface area contributed by atoms with Gasteiger partial charge < -0.3 is 14.3 Å². The molecule has 1 aliphatic carbocycles. The molecule has 0 radical (unpaired) electrons. The fraction of sp³-hybridized carbons (Fsp3) is 0.300. The van der Waals surface area contributed by atoms with E-state index in [1.165, 1.54) is 0 Å². The number of hydrogen-bond acceptors (Lipinski definition) is 8. The van der Waals surface area contributed by atoms with Gasteiger partial charge in [-0.15, -0.1) is 11.3 Å². The van der Waals surface area contributed by atoms with E-state index < -0.39 is 0 Å². The van der Waals surface area contributed by atoms with Crippen molar-refractivity contribution < 1.29 is 13.7 Å². The summed E-state index contributed by atoms with van der Waals surface area (Å²) in [5.74, 6) is 2.17. The van der Waals surface area contributed by atoms with Crippen LogP contribution < -0.4 is 5.32 Å². The SMILES string of the molecule is Cc1csc(SCc2c(C(=O)NCc3nc(C4CC4)no3)oc3ccccc23)n1. The van der Waals surface area contributed by atoms with Crippen LogP contribution >= 0.6 is 23.1 Å². The Bertz CT molecular complexity index is 1180. The van der Waals surface area contributed by atoms with E-state index in [0.717, 1.165) is 39.6 Å². The summed E-state index contributed by atoms with van der Waals surface area (Å²) >= 11 is 3.20. The molecule has 0 unspecified atom stereocenters. The molecule has 29 heavy (non-hydrogen) atoms. The molecule has 148 valence electrons. The zero-order valence-corrected chi connectivity index (χ0v) is 17.3. The Hall–Kier alpha value is -2.65. The summed E-state index contributed by atoms with van der Waals surface area (Å²) in [4.78, 5) is 21.7. The van der Waals surface area contributed by atoms with Crippen molar-refractivity contribution in [3.05, 3.63) is 58.4 Å². The predicted octanol–water partition coefficient (Wildman–Crippen LogP) is 4.68. The van der Waals surface area contributed by atoms with Crippen LogP contribution in [0, 0.1) is 6.92 Å². The molecule has 1 fully saturated rings. The molecule has 0 spiro atoms. The summed E-state index contributed by atoms with van der Waals surface area (Å²) in [6.07, 6.45) is 2.20. The number of carbonyl (C=O) groups is 1. The molecule has 1 aliphatic rings. The third kappa shape index (κ3) is 3.92. The zero-order valence-electron chi connectivity index (χ0n) is 15.7. The minimum atomic E-state index is -0.293. The highest BCUT2D eigenvalue weighted by Crippen LogP contribution is 2.38. The van der Waals surface area contributed by atoms with Crippen molar-refractivity contribution in [2.45, 2.75) is 42.3 Å². The van der Waals surface area contributed by atoms with Gasteiger partial charge in [0.25, 0.3) is 5.91 Å². The molecule has 3 aromatic heterocycles. The largest absolute Gasteiger partial charge is 0.451 e. The molecule has 0 atom stereocenters. The Morgan fingerprint density at radius 1 is 1.31 bits per heavy atom. The molecule has 9 heteroatoms. The number of para-hydroxylation sites is 1. The van der Waals surface area contributed by atoms with E-state index >= 15 is 0 Å². The summed E-state index contributed by atoms with van der Waals surface area (Å²) in [5, 5.41) is 9.77. The van der Waals surface area contributed by atoms with Crippen LogP contribution in [0.2, 0.25) is 0 Å². The fourth-order valence-corrected chi connectivity index (χ4v) is 4.92. The molecule has 1 amide bonds. The van der Waals surface area contributed by atoms with E-state index in [1.807, 2.05) is 36.6 Å². The molecule has 0 bridgehead atoms. The number of furan rings is 1. The molecule has 0 saturated heterocycles. The molecule has 0 aliphatic heterocycles. The Kier molecular flexibility index (Phi) is 4.84. The second kappa shape index (κ2) is 7.64. The minimum Gasteiger partial charge on any atom is -0.451 e. The maximum Gasteiger partial charge on any atom is 0.287 e. The first-order valence-corrected chi connectivity index (χ1v) is 11.2. The van der Waals surface area contributed by atoms with Crippen molar-refractivity contribution in [3.8, 4) is 0 Å². The number of hydrogen-bond donors (Lipinski definition) is 1. The van der Waals surface area contributed by atoms with Gasteiger partial charge in [0.1, 0.15) is 9.92 Å². The van der Waals surface area contributed by atoms with Crippen LogP contribution in [-0.4, -0.2) is 21.0 Å². The maximum absolute atomic E-state index is 12.9. The number of carbonyl (C=O) groups excluding carboxylic acids is 1. The van der Waals surface area contributed by atoms with Crippen molar-refractivity contribution in [2.24, 2.45) is 0 Å². The average Bonchev–Trinajstić information content (AvgIpc) is 3.15. The number of amides is 1. The number of rotatable bonds is 7. The first-order chi connectivity index (χ1) is 14.2. The number of aromatic nitrogens is 3. The number of thiazole rings is 1. The molecule has 5 rings (SSSR count). The van der Waals surface area contributed by atoms with Gasteiger partial charge in [-0.2, -0.15) is 4.98 Å². The van der Waals surface area contributed by atoms with Crippen molar-refractivity contribution in [1.82, 2.24) is 20.4 Å². The van der Waals surface area contributed by atoms with Gasteiger partial charge in [0.15, 0.2) is 11.6 Å². The number of fused-ring (bicyclic) bond motifs is 1. The Labute approximate surface area is 174 Å². The highest BCUT2D eigenvalue weighted by atomic mass is 32.2. The van der Waals surface area contributed by atoms with Crippen LogP contribution in [0.15, 0.2) is 42.9 Å². The monoisotopic (exact) mass is 426 g/mol. The van der Waals surface area contributed by atoms with Crippen LogP contribution in [0.5, 0.6) is 0 Å². The second-order valence-corrected chi connectivity index (χ2v) is 9.03. The van der Waals surface area contributed by atoms with E-state index in [0.29, 0.717) is 28.9 Å². The first kappa shape index (κ1) is 18.4. The smallest absolute Gasteiger partial charge is 0.287 e. The van der Waals surface area contributed by atoms with Crippen LogP contribution in [0.3, 0.4) is 0 Å². The highest BCUT2D eigenvalue weighted by molar-refractivity contribution is 8.00. The second-order valence-electron chi connectivity index (χ2n) is 6.95. The van der Waals surface area contributed by atoms with Crippen LogP contribution in [0.4, 0.5) is 0 Å². The Morgan fingerprint density at radius 3 is 2.97 bits per heavy atom. The van der Waals surface area contributed by atoms with Gasteiger partial charge >= 0.3 is 0 Å². The van der Waals surface area contributed by atoms with Gasteiger partial charge in [0, 0.05) is 33.7 Å². The zero-order chi connectivity index (χ0) is 19.8. The van der Waals surface area contributed by atoms with Crippen LogP contribution in [0.1, 0.15) is 52.3 Å². The number of benzene rings is 1. The number of thioether (sulfide) groups is 1. The molecular weight excluding hydrogens is 408 g/mol. The lowest BCUT2D eigenvalue weighted by Gasteiger charge is -2.03. The number of nitrogens with zero attached hydrogens (tertiary/aromatic N) is 3. The summed E-state index contributed by atoms with van der Waals surface area (Å²) in [6, 6.07) is 7.68. The average molecular weight is 427 g/mol. The first-order valence-electron chi connectivity index (χ1n) is 9.33. The number of nitrogens with one attached hydrogen (secondary N) is 1. The summed E-state index contributed by atoms with van der Waals surface area (Å²) in [6.45, 7) is 2.15. The van der Waals surface area contributed by atoms with E-state index in [9.17, 15) is 4.79 Å². The molecular formula is C20H18N4O3S2. The summed E-state index contributed by atoms with van der Waals surface area (Å²) < 4.78 is 12.1. The summed E-state index contributed by atoms with van der Waals surface area (Å²) in [7, 11) is 0. The minimum absolute atomic E-state index is 0.174. The van der Waals surface area contributed by atoms with Crippen LogP contribution in [0.25, 0.3) is 11.0 Å². The standard InChI is InChI=1S/C20H18N4O3S2/c1-11-9-28-20(22-11)29-10-14-13-4-2-3-5-15(13)26-17(14)19(25)21-8-16-23-18(24-27-16)12-6-7-12/h2-5,9,12H,6-8,10H2,1H3,(H,21,25). The lowest BCUT2D eigenvalue weighted by atomic mass is 10.1. The van der Waals surface area contributed by atoms with Crippen LogP contribution in [-0.2, 0) is 12.3 Å². The fourth-order valence-electron chi connectivity index (χ4n) is 3.04. The molecule has 1 aromatic carbocycles. The van der Waals surface area contributed by atoms with Gasteiger partial charge in [-0.25, -0.2) is 4.98 Å².